The minimum atomic E-state index is -0.460. The van der Waals surface area contributed by atoms with Gasteiger partial charge in [-0.15, -0.1) is 0 Å². The van der Waals surface area contributed by atoms with Gasteiger partial charge in [-0.2, -0.15) is 0 Å². The molecule has 2 aliphatic rings. The molecule has 0 saturated carbocycles. The van der Waals surface area contributed by atoms with Crippen molar-refractivity contribution >= 4 is 39.7 Å². The molecule has 0 aliphatic carbocycles. The van der Waals surface area contributed by atoms with Gasteiger partial charge in [-0.05, 0) is 31.0 Å². The first kappa shape index (κ1) is 19.3. The van der Waals surface area contributed by atoms with Crippen LogP contribution in [0.4, 0.5) is 4.79 Å². The number of amides is 5. The molecule has 1 aromatic rings. The Labute approximate surface area is 165 Å². The summed E-state index contributed by atoms with van der Waals surface area (Å²) in [5, 5.41) is 2.87. The Bertz CT molecular complexity index is 803. The predicted octanol–water partition coefficient (Wildman–Crippen LogP) is 1.31. The van der Waals surface area contributed by atoms with Crippen molar-refractivity contribution in [1.29, 1.82) is 0 Å². The van der Waals surface area contributed by atoms with E-state index >= 15 is 0 Å². The second-order valence-corrected chi connectivity index (χ2v) is 7.81. The van der Waals surface area contributed by atoms with Crippen molar-refractivity contribution in [3.05, 3.63) is 33.8 Å². The molecule has 27 heavy (non-hydrogen) atoms. The van der Waals surface area contributed by atoms with Crippen molar-refractivity contribution in [3.63, 3.8) is 0 Å². The number of nitrogens with one attached hydrogen (secondary N) is 1. The number of benzene rings is 1. The molecule has 0 spiro atoms. The molecule has 0 bridgehead atoms. The van der Waals surface area contributed by atoms with E-state index < -0.39 is 11.8 Å². The van der Waals surface area contributed by atoms with E-state index in [1.807, 2.05) is 0 Å². The summed E-state index contributed by atoms with van der Waals surface area (Å²) in [7, 11) is 3.41. The molecule has 144 valence electrons. The van der Waals surface area contributed by atoms with Crippen LogP contribution in [-0.4, -0.2) is 78.2 Å². The lowest BCUT2D eigenvalue weighted by molar-refractivity contribution is -0.122. The molecule has 9 heteroatoms. The minimum Gasteiger partial charge on any atom is -0.352 e. The van der Waals surface area contributed by atoms with Crippen molar-refractivity contribution in [1.82, 2.24) is 20.0 Å². The minimum absolute atomic E-state index is 0.0445. The highest BCUT2D eigenvalue weighted by atomic mass is 79.9. The Balaban J connectivity index is 1.54. The number of hydrogen-bond acceptors (Lipinski definition) is 4. The average molecular weight is 437 g/mol. The van der Waals surface area contributed by atoms with Gasteiger partial charge in [0.2, 0.25) is 5.91 Å². The molecule has 5 amide bonds. The number of carbonyl (C=O) groups is 4. The van der Waals surface area contributed by atoms with Gasteiger partial charge in [0.05, 0.1) is 11.1 Å². The standard InChI is InChI=1S/C18H21BrN4O4/c1-21(2)18(27)22-7-5-12(6-8-22)20-15(24)10-23-16(25)13-4-3-11(19)9-14(13)17(23)26/h3-4,9,12H,5-8,10H2,1-2H3,(H,20,24). The smallest absolute Gasteiger partial charge is 0.319 e. The summed E-state index contributed by atoms with van der Waals surface area (Å²) in [5.74, 6) is -1.29. The molecule has 3 rings (SSSR count). The van der Waals surface area contributed by atoms with Gasteiger partial charge in [-0.3, -0.25) is 19.3 Å². The summed E-state index contributed by atoms with van der Waals surface area (Å²) in [6, 6.07) is 4.74. The van der Waals surface area contributed by atoms with Crippen molar-refractivity contribution in [2.75, 3.05) is 33.7 Å². The maximum atomic E-state index is 12.4. The van der Waals surface area contributed by atoms with Crippen LogP contribution in [0.2, 0.25) is 0 Å². The van der Waals surface area contributed by atoms with Gasteiger partial charge in [-0.25, -0.2) is 4.79 Å². The predicted molar refractivity (Wildman–Crippen MR) is 101 cm³/mol. The van der Waals surface area contributed by atoms with Gasteiger partial charge in [0.1, 0.15) is 6.54 Å². The quantitative estimate of drug-likeness (QED) is 0.723. The van der Waals surface area contributed by atoms with Crippen LogP contribution in [0.15, 0.2) is 22.7 Å². The highest BCUT2D eigenvalue weighted by Gasteiger charge is 2.37. The zero-order valence-electron chi connectivity index (χ0n) is 15.2. The SMILES string of the molecule is CN(C)C(=O)N1CCC(NC(=O)CN2C(=O)c3ccc(Br)cc3C2=O)CC1. The zero-order chi connectivity index (χ0) is 19.7. The Morgan fingerprint density at radius 1 is 1.15 bits per heavy atom. The van der Waals surface area contributed by atoms with Crippen molar-refractivity contribution in [2.24, 2.45) is 0 Å². The Hall–Kier alpha value is -2.42. The summed E-state index contributed by atoms with van der Waals surface area (Å²) in [6.45, 7) is 0.812. The number of halogens is 1. The summed E-state index contributed by atoms with van der Waals surface area (Å²) >= 11 is 3.28. The second kappa shape index (κ2) is 7.67. The van der Waals surface area contributed by atoms with Crippen molar-refractivity contribution < 1.29 is 19.2 Å². The number of hydrogen-bond donors (Lipinski definition) is 1. The second-order valence-electron chi connectivity index (χ2n) is 6.89. The maximum Gasteiger partial charge on any atom is 0.319 e. The van der Waals surface area contributed by atoms with Gasteiger partial charge >= 0.3 is 6.03 Å². The molecule has 1 saturated heterocycles. The number of carbonyl (C=O) groups excluding carboxylic acids is 4. The lowest BCUT2D eigenvalue weighted by Gasteiger charge is -2.34. The van der Waals surface area contributed by atoms with E-state index in [1.165, 1.54) is 4.90 Å². The van der Waals surface area contributed by atoms with Crippen LogP contribution in [0.5, 0.6) is 0 Å². The fourth-order valence-electron chi connectivity index (χ4n) is 3.32. The monoisotopic (exact) mass is 436 g/mol. The zero-order valence-corrected chi connectivity index (χ0v) is 16.8. The summed E-state index contributed by atoms with van der Waals surface area (Å²) in [5.41, 5.74) is 0.615. The maximum absolute atomic E-state index is 12.4. The van der Waals surface area contributed by atoms with E-state index in [-0.39, 0.29) is 24.5 Å². The highest BCUT2D eigenvalue weighted by Crippen LogP contribution is 2.25. The lowest BCUT2D eigenvalue weighted by Crippen LogP contribution is -2.50. The third-order valence-electron chi connectivity index (χ3n) is 4.75. The van der Waals surface area contributed by atoms with Gasteiger partial charge < -0.3 is 15.1 Å². The van der Waals surface area contributed by atoms with E-state index in [0.29, 0.717) is 41.5 Å². The van der Waals surface area contributed by atoms with Crippen LogP contribution < -0.4 is 5.32 Å². The van der Waals surface area contributed by atoms with Crippen LogP contribution in [-0.2, 0) is 4.79 Å². The first-order valence-corrected chi connectivity index (χ1v) is 9.48. The number of urea groups is 1. The Kier molecular flexibility index (Phi) is 5.50. The number of imide groups is 1. The number of rotatable bonds is 3. The van der Waals surface area contributed by atoms with Crippen LogP contribution in [0.25, 0.3) is 0 Å². The molecule has 1 N–H and O–H groups in total. The number of piperidine rings is 1. The number of likely N-dealkylation sites (tertiary alicyclic amines) is 1. The third kappa shape index (κ3) is 3.97. The van der Waals surface area contributed by atoms with Crippen molar-refractivity contribution in [3.8, 4) is 0 Å². The van der Waals surface area contributed by atoms with Crippen LogP contribution in [0.3, 0.4) is 0 Å². The summed E-state index contributed by atoms with van der Waals surface area (Å²) < 4.78 is 0.702. The molecule has 2 heterocycles. The van der Waals surface area contributed by atoms with E-state index in [9.17, 15) is 19.2 Å². The highest BCUT2D eigenvalue weighted by molar-refractivity contribution is 9.10. The van der Waals surface area contributed by atoms with Crippen LogP contribution in [0.1, 0.15) is 33.6 Å². The molecule has 1 aromatic carbocycles. The molecule has 0 radical (unpaired) electrons. The summed E-state index contributed by atoms with van der Waals surface area (Å²) in [6.07, 6.45) is 1.28. The molecule has 0 aromatic heterocycles. The molecule has 8 nitrogen and oxygen atoms in total. The van der Waals surface area contributed by atoms with Crippen LogP contribution in [0, 0.1) is 0 Å². The fraction of sp³-hybridized carbons (Fsp3) is 0.444. The number of fused-ring (bicyclic) bond motifs is 1. The van der Waals surface area contributed by atoms with Gasteiger partial charge in [-0.1, -0.05) is 15.9 Å². The molecular formula is C18H21BrN4O4. The van der Waals surface area contributed by atoms with Crippen molar-refractivity contribution in [2.45, 2.75) is 18.9 Å². The Morgan fingerprint density at radius 2 is 1.78 bits per heavy atom. The molecular weight excluding hydrogens is 416 g/mol. The van der Waals surface area contributed by atoms with E-state index in [1.54, 1.807) is 37.2 Å². The largest absolute Gasteiger partial charge is 0.352 e. The Morgan fingerprint density at radius 3 is 2.41 bits per heavy atom. The molecule has 1 fully saturated rings. The lowest BCUT2D eigenvalue weighted by atomic mass is 10.1. The van der Waals surface area contributed by atoms with E-state index in [4.69, 9.17) is 0 Å². The van der Waals surface area contributed by atoms with E-state index in [2.05, 4.69) is 21.2 Å². The molecule has 0 atom stereocenters. The van der Waals surface area contributed by atoms with Gasteiger partial charge in [0.15, 0.2) is 0 Å². The molecule has 0 unspecified atom stereocenters. The fourth-order valence-corrected chi connectivity index (χ4v) is 3.68. The average Bonchev–Trinajstić information content (AvgIpc) is 2.86. The van der Waals surface area contributed by atoms with Crippen LogP contribution >= 0.6 is 15.9 Å². The molecule has 2 aliphatic heterocycles. The first-order chi connectivity index (χ1) is 12.8. The normalized spacial score (nSPS) is 17.1. The topological polar surface area (TPSA) is 90.0 Å². The van der Waals surface area contributed by atoms with E-state index in [0.717, 1.165) is 4.90 Å². The van der Waals surface area contributed by atoms with Gasteiger partial charge in [0.25, 0.3) is 11.8 Å². The summed E-state index contributed by atoms with van der Waals surface area (Å²) in [4.78, 5) is 53.3. The number of nitrogens with zero attached hydrogens (tertiary/aromatic N) is 3. The first-order valence-electron chi connectivity index (χ1n) is 8.69. The van der Waals surface area contributed by atoms with Gasteiger partial charge in [0, 0.05) is 37.7 Å². The third-order valence-corrected chi connectivity index (χ3v) is 5.24.